The lowest BCUT2D eigenvalue weighted by atomic mass is 10.2. The number of thiocarbonyl (C=S) groups is 1. The minimum atomic E-state index is -0.442. The molecule has 0 fully saturated rings. The Kier molecular flexibility index (Phi) is 6.92. The number of nitrogens with one attached hydrogen (secondary N) is 3. The average molecular weight is 373 g/mol. The molecule has 0 atom stereocenters. The lowest BCUT2D eigenvalue weighted by Gasteiger charge is -2.11. The van der Waals surface area contributed by atoms with Gasteiger partial charge in [0.25, 0.3) is 11.8 Å². The summed E-state index contributed by atoms with van der Waals surface area (Å²) in [7, 11) is 1.54. The summed E-state index contributed by atoms with van der Waals surface area (Å²) in [6.07, 6.45) is 0. The molecule has 0 aromatic heterocycles. The summed E-state index contributed by atoms with van der Waals surface area (Å²) in [6, 6.07) is 13.9. The summed E-state index contributed by atoms with van der Waals surface area (Å²) >= 11 is 4.96. The number of aryl methyl sites for hydroxylation is 1. The molecule has 0 heterocycles. The van der Waals surface area contributed by atoms with Crippen molar-refractivity contribution in [1.29, 1.82) is 0 Å². The van der Waals surface area contributed by atoms with E-state index in [1.54, 1.807) is 37.4 Å². The van der Waals surface area contributed by atoms with Crippen LogP contribution in [0.1, 0.15) is 15.9 Å². The largest absolute Gasteiger partial charge is 0.497 e. The van der Waals surface area contributed by atoms with Gasteiger partial charge in [-0.1, -0.05) is 12.1 Å². The van der Waals surface area contributed by atoms with Crippen molar-refractivity contribution in [3.63, 3.8) is 0 Å². The number of amides is 2. The van der Waals surface area contributed by atoms with Gasteiger partial charge in [-0.05, 0) is 61.1 Å². The van der Waals surface area contributed by atoms with Crippen molar-refractivity contribution in [2.45, 2.75) is 6.92 Å². The molecule has 0 radical (unpaired) electrons. The Labute approximate surface area is 156 Å². The fourth-order valence-corrected chi connectivity index (χ4v) is 2.14. The van der Waals surface area contributed by atoms with E-state index in [1.807, 2.05) is 25.1 Å². The van der Waals surface area contributed by atoms with Crippen LogP contribution in [-0.2, 0) is 4.79 Å². The van der Waals surface area contributed by atoms with Crippen molar-refractivity contribution in [3.05, 3.63) is 59.7 Å². The van der Waals surface area contributed by atoms with Crippen LogP contribution in [0, 0.1) is 6.92 Å². The number of benzene rings is 2. The van der Waals surface area contributed by atoms with Gasteiger partial charge in [-0.25, -0.2) is 0 Å². The van der Waals surface area contributed by atoms with Gasteiger partial charge in [0.1, 0.15) is 11.5 Å². The topological polar surface area (TPSA) is 88.7 Å². The third-order valence-electron chi connectivity index (χ3n) is 3.25. The van der Waals surface area contributed by atoms with E-state index in [0.29, 0.717) is 17.1 Å². The number of hydrogen-bond acceptors (Lipinski definition) is 5. The molecule has 2 rings (SSSR count). The zero-order valence-electron chi connectivity index (χ0n) is 14.4. The second kappa shape index (κ2) is 9.38. The van der Waals surface area contributed by atoms with Crippen molar-refractivity contribution in [2.24, 2.45) is 0 Å². The third kappa shape index (κ3) is 6.06. The number of carbonyl (C=O) groups is 2. The highest BCUT2D eigenvalue weighted by Gasteiger charge is 2.08. The minimum absolute atomic E-state index is 0.0373. The number of hydrazine groups is 1. The van der Waals surface area contributed by atoms with Crippen molar-refractivity contribution < 1.29 is 19.1 Å². The summed E-state index contributed by atoms with van der Waals surface area (Å²) in [5.74, 6) is 0.390. The molecule has 7 nitrogen and oxygen atoms in total. The van der Waals surface area contributed by atoms with Gasteiger partial charge in [0, 0.05) is 5.56 Å². The Hall–Kier alpha value is -3.13. The van der Waals surface area contributed by atoms with Gasteiger partial charge in [-0.2, -0.15) is 0 Å². The van der Waals surface area contributed by atoms with E-state index in [2.05, 4.69) is 16.2 Å². The van der Waals surface area contributed by atoms with Crippen LogP contribution in [0.5, 0.6) is 11.5 Å². The zero-order valence-corrected chi connectivity index (χ0v) is 15.2. The molecule has 0 saturated carbocycles. The van der Waals surface area contributed by atoms with E-state index in [9.17, 15) is 9.59 Å². The van der Waals surface area contributed by atoms with E-state index in [1.165, 1.54) is 0 Å². The van der Waals surface area contributed by atoms with Crippen LogP contribution >= 0.6 is 12.2 Å². The van der Waals surface area contributed by atoms with Gasteiger partial charge in [0.05, 0.1) is 7.11 Å². The van der Waals surface area contributed by atoms with E-state index in [0.717, 1.165) is 5.56 Å². The molecular formula is C18H19N3O4S. The Morgan fingerprint density at radius 2 is 1.77 bits per heavy atom. The monoisotopic (exact) mass is 373 g/mol. The maximum atomic E-state index is 12.0. The Morgan fingerprint density at radius 3 is 2.42 bits per heavy atom. The van der Waals surface area contributed by atoms with Crippen molar-refractivity contribution >= 4 is 29.1 Å². The first kappa shape index (κ1) is 19.2. The van der Waals surface area contributed by atoms with Gasteiger partial charge < -0.3 is 9.47 Å². The summed E-state index contributed by atoms with van der Waals surface area (Å²) in [5, 5.41) is 2.37. The highest BCUT2D eigenvalue weighted by atomic mass is 32.1. The van der Waals surface area contributed by atoms with Gasteiger partial charge in [-0.3, -0.25) is 25.8 Å². The number of carbonyl (C=O) groups excluding carboxylic acids is 2. The Balaban J connectivity index is 1.73. The first-order chi connectivity index (χ1) is 12.5. The molecule has 0 unspecified atom stereocenters. The molecule has 0 saturated heterocycles. The molecule has 0 aliphatic rings. The second-order valence-corrected chi connectivity index (χ2v) is 5.70. The first-order valence-electron chi connectivity index (χ1n) is 7.71. The molecular weight excluding hydrogens is 354 g/mol. The van der Waals surface area contributed by atoms with Gasteiger partial charge >= 0.3 is 0 Å². The summed E-state index contributed by atoms with van der Waals surface area (Å²) < 4.78 is 10.4. The highest BCUT2D eigenvalue weighted by Crippen LogP contribution is 2.12. The Morgan fingerprint density at radius 1 is 1.04 bits per heavy atom. The van der Waals surface area contributed by atoms with Crippen LogP contribution in [0.15, 0.2) is 48.5 Å². The fourth-order valence-electron chi connectivity index (χ4n) is 1.98. The summed E-state index contributed by atoms with van der Waals surface area (Å²) in [4.78, 5) is 23.8. The van der Waals surface area contributed by atoms with Gasteiger partial charge in [0.15, 0.2) is 11.7 Å². The molecule has 3 N–H and O–H groups in total. The average Bonchev–Trinajstić information content (AvgIpc) is 2.64. The van der Waals surface area contributed by atoms with Gasteiger partial charge in [-0.15, -0.1) is 0 Å². The Bertz CT molecular complexity index is 793. The summed E-state index contributed by atoms with van der Waals surface area (Å²) in [5.41, 5.74) is 6.30. The van der Waals surface area contributed by atoms with Crippen LogP contribution < -0.4 is 25.6 Å². The highest BCUT2D eigenvalue weighted by molar-refractivity contribution is 7.80. The molecule has 136 valence electrons. The molecule has 8 heteroatoms. The van der Waals surface area contributed by atoms with E-state index >= 15 is 0 Å². The molecule has 0 spiro atoms. The minimum Gasteiger partial charge on any atom is -0.497 e. The molecule has 26 heavy (non-hydrogen) atoms. The maximum absolute atomic E-state index is 12.0. The van der Waals surface area contributed by atoms with E-state index in [-0.39, 0.29) is 11.7 Å². The number of rotatable bonds is 5. The lowest BCUT2D eigenvalue weighted by Crippen LogP contribution is -2.49. The molecule has 2 aromatic rings. The number of ether oxygens (including phenoxy) is 2. The zero-order chi connectivity index (χ0) is 18.9. The van der Waals surface area contributed by atoms with Gasteiger partial charge in [0.2, 0.25) is 0 Å². The molecule has 0 bridgehead atoms. The van der Waals surface area contributed by atoms with Crippen LogP contribution in [0.2, 0.25) is 0 Å². The van der Waals surface area contributed by atoms with Crippen molar-refractivity contribution in [2.75, 3.05) is 13.7 Å². The van der Waals surface area contributed by atoms with Crippen molar-refractivity contribution in [1.82, 2.24) is 16.2 Å². The number of methoxy groups -OCH3 is 1. The van der Waals surface area contributed by atoms with Crippen LogP contribution in [0.4, 0.5) is 0 Å². The normalized spacial score (nSPS) is 9.77. The van der Waals surface area contributed by atoms with Crippen LogP contribution in [0.25, 0.3) is 0 Å². The predicted molar refractivity (Wildman–Crippen MR) is 101 cm³/mol. The molecule has 0 aliphatic carbocycles. The fraction of sp³-hybridized carbons (Fsp3) is 0.167. The molecule has 2 aromatic carbocycles. The quantitative estimate of drug-likeness (QED) is 0.546. The second-order valence-electron chi connectivity index (χ2n) is 5.29. The van der Waals surface area contributed by atoms with Crippen molar-refractivity contribution in [3.8, 4) is 11.5 Å². The van der Waals surface area contributed by atoms with E-state index < -0.39 is 11.8 Å². The summed E-state index contributed by atoms with van der Waals surface area (Å²) in [6.45, 7) is 1.73. The smallest absolute Gasteiger partial charge is 0.269 e. The number of hydrogen-bond donors (Lipinski definition) is 3. The first-order valence-corrected chi connectivity index (χ1v) is 8.12. The predicted octanol–water partition coefficient (Wildman–Crippen LogP) is 1.72. The SMILES string of the molecule is COc1ccc(C(=O)NNC(=S)NC(=O)COc2cccc(C)c2)cc1. The molecule has 2 amide bonds. The van der Waals surface area contributed by atoms with E-state index in [4.69, 9.17) is 21.7 Å². The standard InChI is InChI=1S/C18H19N3O4S/c1-12-4-3-5-15(10-12)25-11-16(22)19-18(26)21-20-17(23)13-6-8-14(24-2)9-7-13/h3-10H,11H2,1-2H3,(H,20,23)(H2,19,21,22,26). The molecule has 0 aliphatic heterocycles. The van der Waals surface area contributed by atoms with Crippen LogP contribution in [-0.4, -0.2) is 30.6 Å². The third-order valence-corrected chi connectivity index (χ3v) is 3.46. The maximum Gasteiger partial charge on any atom is 0.269 e. The van der Waals surface area contributed by atoms with Crippen LogP contribution in [0.3, 0.4) is 0 Å². The lowest BCUT2D eigenvalue weighted by molar-refractivity contribution is -0.121.